The Morgan fingerprint density at radius 3 is 2.70 bits per heavy atom. The third-order valence-corrected chi connectivity index (χ3v) is 7.90. The van der Waals surface area contributed by atoms with Crippen LogP contribution in [0.3, 0.4) is 0 Å². The number of para-hydroxylation sites is 1. The van der Waals surface area contributed by atoms with Gasteiger partial charge in [-0.05, 0) is 43.3 Å². The molecule has 2 aromatic rings. The number of carbonyl (C=O) groups excluding carboxylic acids is 2. The van der Waals surface area contributed by atoms with E-state index in [0.717, 1.165) is 11.3 Å². The zero-order valence-electron chi connectivity index (χ0n) is 16.2. The van der Waals surface area contributed by atoms with Crippen molar-refractivity contribution in [3.63, 3.8) is 0 Å². The Kier molecular flexibility index (Phi) is 7.06. The number of nitrogens with zero attached hydrogens (tertiary/aromatic N) is 1. The van der Waals surface area contributed by atoms with Gasteiger partial charge in [0, 0.05) is 13.1 Å². The van der Waals surface area contributed by atoms with Gasteiger partial charge in [0.1, 0.15) is 4.21 Å². The quantitative estimate of drug-likeness (QED) is 0.648. The van der Waals surface area contributed by atoms with Crippen LogP contribution in [0.5, 0.6) is 5.75 Å². The van der Waals surface area contributed by atoms with Crippen molar-refractivity contribution in [2.75, 3.05) is 13.1 Å². The highest BCUT2D eigenvalue weighted by Crippen LogP contribution is 2.26. The van der Waals surface area contributed by atoms with Gasteiger partial charge in [0.25, 0.3) is 15.9 Å². The first-order valence-corrected chi connectivity index (χ1v) is 11.7. The summed E-state index contributed by atoms with van der Waals surface area (Å²) in [7, 11) is -3.64. The van der Waals surface area contributed by atoms with Crippen LogP contribution in [0.4, 0.5) is 4.39 Å². The second kappa shape index (κ2) is 9.54. The van der Waals surface area contributed by atoms with E-state index in [1.54, 1.807) is 17.5 Å². The SMILES string of the molecule is CC(Oc1ccccc1F)C(=O)NNC(=O)C1CCCN(S(=O)(=O)c2cccs2)C1. The third kappa shape index (κ3) is 5.15. The van der Waals surface area contributed by atoms with Crippen LogP contribution in [0.1, 0.15) is 19.8 Å². The summed E-state index contributed by atoms with van der Waals surface area (Å²) in [5.74, 6) is -2.43. The van der Waals surface area contributed by atoms with Gasteiger partial charge in [-0.3, -0.25) is 20.4 Å². The lowest BCUT2D eigenvalue weighted by Crippen LogP contribution is -2.52. The van der Waals surface area contributed by atoms with Crippen molar-refractivity contribution >= 4 is 33.2 Å². The molecule has 2 atom stereocenters. The van der Waals surface area contributed by atoms with E-state index in [9.17, 15) is 22.4 Å². The highest BCUT2D eigenvalue weighted by molar-refractivity contribution is 7.91. The Bertz CT molecular complexity index is 997. The maximum atomic E-state index is 13.6. The van der Waals surface area contributed by atoms with Gasteiger partial charge in [-0.2, -0.15) is 4.31 Å². The molecule has 11 heteroatoms. The summed E-state index contributed by atoms with van der Waals surface area (Å²) in [6, 6.07) is 8.86. The number of hydrazine groups is 1. The van der Waals surface area contributed by atoms with E-state index in [2.05, 4.69) is 10.9 Å². The first kappa shape index (κ1) is 22.2. The number of carbonyl (C=O) groups is 2. The zero-order valence-corrected chi connectivity index (χ0v) is 17.8. The molecule has 1 aliphatic heterocycles. The molecule has 30 heavy (non-hydrogen) atoms. The number of nitrogens with one attached hydrogen (secondary N) is 2. The standard InChI is InChI=1S/C19H22FN3O5S2/c1-13(28-16-8-3-2-7-15(16)20)18(24)21-22-19(25)14-6-4-10-23(12-14)30(26,27)17-9-5-11-29-17/h2-3,5,7-9,11,13-14H,4,6,10,12H2,1H3,(H,21,24)(H,22,25). The second-order valence-electron chi connectivity index (χ2n) is 6.80. The molecule has 162 valence electrons. The van der Waals surface area contributed by atoms with Crippen molar-refractivity contribution in [3.8, 4) is 5.75 Å². The fourth-order valence-corrected chi connectivity index (χ4v) is 5.69. The summed E-state index contributed by atoms with van der Waals surface area (Å²) < 4.78 is 45.7. The molecular formula is C19H22FN3O5S2. The summed E-state index contributed by atoms with van der Waals surface area (Å²) in [6.45, 7) is 1.79. The number of halogens is 1. The number of hydrogen-bond acceptors (Lipinski definition) is 6. The van der Waals surface area contributed by atoms with Gasteiger partial charge in [-0.25, -0.2) is 12.8 Å². The molecule has 8 nitrogen and oxygen atoms in total. The molecule has 1 aromatic heterocycles. The van der Waals surface area contributed by atoms with Gasteiger partial charge < -0.3 is 4.74 Å². The summed E-state index contributed by atoms with van der Waals surface area (Å²) in [5.41, 5.74) is 4.56. The van der Waals surface area contributed by atoms with Crippen molar-refractivity contribution in [2.24, 2.45) is 5.92 Å². The maximum Gasteiger partial charge on any atom is 0.279 e. The Morgan fingerprint density at radius 2 is 2.00 bits per heavy atom. The van der Waals surface area contributed by atoms with Crippen LogP contribution < -0.4 is 15.6 Å². The molecule has 0 aliphatic carbocycles. The lowest BCUT2D eigenvalue weighted by Gasteiger charge is -2.30. The molecule has 2 unspecified atom stereocenters. The minimum atomic E-state index is -3.64. The minimum Gasteiger partial charge on any atom is -0.478 e. The molecule has 0 spiro atoms. The molecule has 1 aliphatic rings. The number of amides is 2. The van der Waals surface area contributed by atoms with Crippen molar-refractivity contribution in [1.82, 2.24) is 15.2 Å². The number of benzene rings is 1. The lowest BCUT2D eigenvalue weighted by molar-refractivity contribution is -0.134. The molecule has 2 amide bonds. The normalized spacial score (nSPS) is 18.4. The summed E-state index contributed by atoms with van der Waals surface area (Å²) in [4.78, 5) is 24.6. The molecule has 2 heterocycles. The maximum absolute atomic E-state index is 13.6. The van der Waals surface area contributed by atoms with E-state index in [1.165, 1.54) is 35.5 Å². The average Bonchev–Trinajstić information content (AvgIpc) is 3.29. The molecule has 0 bridgehead atoms. The van der Waals surface area contributed by atoms with Crippen molar-refractivity contribution in [2.45, 2.75) is 30.1 Å². The Hall–Kier alpha value is -2.50. The van der Waals surface area contributed by atoms with Gasteiger partial charge in [0.15, 0.2) is 17.7 Å². The Labute approximate surface area is 178 Å². The molecule has 1 saturated heterocycles. The third-order valence-electron chi connectivity index (χ3n) is 4.66. The Balaban J connectivity index is 1.53. The molecule has 0 radical (unpaired) electrons. The van der Waals surface area contributed by atoms with Crippen molar-refractivity contribution < 1.29 is 27.1 Å². The smallest absolute Gasteiger partial charge is 0.279 e. The number of hydrogen-bond donors (Lipinski definition) is 2. The van der Waals surface area contributed by atoms with Crippen LogP contribution in [0, 0.1) is 11.7 Å². The van der Waals surface area contributed by atoms with Crippen LogP contribution in [-0.2, 0) is 19.6 Å². The van der Waals surface area contributed by atoms with Crippen LogP contribution in [0.15, 0.2) is 46.0 Å². The average molecular weight is 456 g/mol. The molecule has 1 fully saturated rings. The van der Waals surface area contributed by atoms with Gasteiger partial charge in [-0.1, -0.05) is 18.2 Å². The molecule has 1 aromatic carbocycles. The Morgan fingerprint density at radius 1 is 1.23 bits per heavy atom. The van der Waals surface area contributed by atoms with E-state index >= 15 is 0 Å². The second-order valence-corrected chi connectivity index (χ2v) is 9.92. The first-order valence-electron chi connectivity index (χ1n) is 9.33. The number of rotatable bonds is 6. The monoisotopic (exact) mass is 455 g/mol. The lowest BCUT2D eigenvalue weighted by atomic mass is 9.99. The van der Waals surface area contributed by atoms with Crippen molar-refractivity contribution in [1.29, 1.82) is 0 Å². The van der Waals surface area contributed by atoms with E-state index in [1.807, 2.05) is 0 Å². The molecule has 2 N–H and O–H groups in total. The fourth-order valence-electron chi connectivity index (χ4n) is 3.02. The predicted octanol–water partition coefficient (Wildman–Crippen LogP) is 1.90. The topological polar surface area (TPSA) is 105 Å². The first-order chi connectivity index (χ1) is 14.3. The number of sulfonamides is 1. The highest BCUT2D eigenvalue weighted by Gasteiger charge is 2.34. The highest BCUT2D eigenvalue weighted by atomic mass is 32.2. The number of ether oxygens (including phenoxy) is 1. The van der Waals surface area contributed by atoms with E-state index in [0.29, 0.717) is 19.4 Å². The van der Waals surface area contributed by atoms with Gasteiger partial charge in [0.05, 0.1) is 5.92 Å². The molecular weight excluding hydrogens is 433 g/mol. The predicted molar refractivity (Wildman–Crippen MR) is 109 cm³/mol. The number of thiophene rings is 1. The van der Waals surface area contributed by atoms with E-state index < -0.39 is 39.7 Å². The summed E-state index contributed by atoms with van der Waals surface area (Å²) in [5, 5.41) is 1.68. The van der Waals surface area contributed by atoms with Gasteiger partial charge in [-0.15, -0.1) is 11.3 Å². The summed E-state index contributed by atoms with van der Waals surface area (Å²) in [6.07, 6.45) is -0.0210. The number of piperidine rings is 1. The van der Waals surface area contributed by atoms with E-state index in [4.69, 9.17) is 4.74 Å². The van der Waals surface area contributed by atoms with Gasteiger partial charge in [0.2, 0.25) is 5.91 Å². The van der Waals surface area contributed by atoms with Crippen LogP contribution in [0.25, 0.3) is 0 Å². The fraction of sp³-hybridized carbons (Fsp3) is 0.368. The zero-order chi connectivity index (χ0) is 21.7. The minimum absolute atomic E-state index is 0.0310. The van der Waals surface area contributed by atoms with Crippen molar-refractivity contribution in [3.05, 3.63) is 47.6 Å². The molecule has 0 saturated carbocycles. The molecule has 3 rings (SSSR count). The summed E-state index contributed by atoms with van der Waals surface area (Å²) >= 11 is 1.12. The van der Waals surface area contributed by atoms with Crippen LogP contribution in [0.2, 0.25) is 0 Å². The largest absolute Gasteiger partial charge is 0.478 e. The van der Waals surface area contributed by atoms with E-state index in [-0.39, 0.29) is 16.5 Å². The van der Waals surface area contributed by atoms with Crippen LogP contribution in [-0.4, -0.2) is 43.7 Å². The van der Waals surface area contributed by atoms with Crippen LogP contribution >= 0.6 is 11.3 Å². The van der Waals surface area contributed by atoms with Gasteiger partial charge >= 0.3 is 0 Å².